The van der Waals surface area contributed by atoms with Crippen molar-refractivity contribution < 1.29 is 29.7 Å². The SMILES string of the molecule is CC(N)C(=O)O.CC(NCC(=O)O)C(=O)O. The molecule has 0 aliphatic carbocycles. The highest BCUT2D eigenvalue weighted by molar-refractivity contribution is 5.75. The third-order valence-electron chi connectivity index (χ3n) is 1.32. The van der Waals surface area contributed by atoms with Crippen molar-refractivity contribution >= 4 is 17.9 Å². The minimum Gasteiger partial charge on any atom is -0.480 e. The topological polar surface area (TPSA) is 150 Å². The molecule has 0 rings (SSSR count). The smallest absolute Gasteiger partial charge is 0.320 e. The Morgan fingerprint density at radius 1 is 1.12 bits per heavy atom. The first-order chi connectivity index (χ1) is 7.18. The van der Waals surface area contributed by atoms with Gasteiger partial charge in [-0.05, 0) is 13.8 Å². The highest BCUT2D eigenvalue weighted by Crippen LogP contribution is 1.78. The lowest BCUT2D eigenvalue weighted by atomic mass is 10.3. The Labute approximate surface area is 92.1 Å². The second kappa shape index (κ2) is 8.62. The lowest BCUT2D eigenvalue weighted by Gasteiger charge is -2.04. The molecule has 0 saturated heterocycles. The molecule has 0 heterocycles. The van der Waals surface area contributed by atoms with Crippen LogP contribution in [0, 0.1) is 0 Å². The molecule has 16 heavy (non-hydrogen) atoms. The van der Waals surface area contributed by atoms with Crippen LogP contribution in [0.2, 0.25) is 0 Å². The van der Waals surface area contributed by atoms with E-state index in [9.17, 15) is 14.4 Å². The number of nitrogens with two attached hydrogens (primary N) is 1. The predicted octanol–water partition coefficient (Wildman–Crippen LogP) is -1.45. The summed E-state index contributed by atoms with van der Waals surface area (Å²) in [7, 11) is 0. The molecule has 6 N–H and O–H groups in total. The molecule has 2 unspecified atom stereocenters. The van der Waals surface area contributed by atoms with Gasteiger partial charge in [0.05, 0.1) is 6.54 Å². The van der Waals surface area contributed by atoms with E-state index in [0.29, 0.717) is 0 Å². The van der Waals surface area contributed by atoms with E-state index in [1.807, 2.05) is 0 Å². The molecule has 94 valence electrons. The van der Waals surface area contributed by atoms with Crippen molar-refractivity contribution in [2.75, 3.05) is 6.54 Å². The molecule has 8 heteroatoms. The Morgan fingerprint density at radius 3 is 1.69 bits per heavy atom. The van der Waals surface area contributed by atoms with Crippen LogP contribution in [-0.2, 0) is 14.4 Å². The molecule has 0 radical (unpaired) electrons. The van der Waals surface area contributed by atoms with Gasteiger partial charge >= 0.3 is 17.9 Å². The summed E-state index contributed by atoms with van der Waals surface area (Å²) in [6, 6.07) is -1.54. The van der Waals surface area contributed by atoms with Crippen molar-refractivity contribution in [3.63, 3.8) is 0 Å². The van der Waals surface area contributed by atoms with Crippen molar-refractivity contribution in [2.24, 2.45) is 5.73 Å². The molecule has 0 aliphatic rings. The average molecular weight is 236 g/mol. The average Bonchev–Trinajstić information content (AvgIpc) is 2.14. The van der Waals surface area contributed by atoms with Gasteiger partial charge in [0.1, 0.15) is 12.1 Å². The lowest BCUT2D eigenvalue weighted by Crippen LogP contribution is -2.37. The van der Waals surface area contributed by atoms with Crippen molar-refractivity contribution in [2.45, 2.75) is 25.9 Å². The minimum atomic E-state index is -1.06. The van der Waals surface area contributed by atoms with E-state index in [1.165, 1.54) is 13.8 Å². The van der Waals surface area contributed by atoms with Crippen LogP contribution in [-0.4, -0.2) is 51.9 Å². The normalized spacial score (nSPS) is 12.9. The number of carboxylic acids is 3. The summed E-state index contributed by atoms with van der Waals surface area (Å²) in [6.07, 6.45) is 0. The number of carbonyl (C=O) groups is 3. The molecule has 0 spiro atoms. The second-order valence-corrected chi connectivity index (χ2v) is 2.96. The predicted molar refractivity (Wildman–Crippen MR) is 54.0 cm³/mol. The Bertz CT molecular complexity index is 253. The summed E-state index contributed by atoms with van der Waals surface area (Å²) in [6.45, 7) is 2.47. The van der Waals surface area contributed by atoms with Gasteiger partial charge in [0.25, 0.3) is 0 Å². The Kier molecular flexibility index (Phi) is 9.03. The summed E-state index contributed by atoms with van der Waals surface area (Å²) in [5.74, 6) is -3.08. The van der Waals surface area contributed by atoms with Gasteiger partial charge in [-0.2, -0.15) is 0 Å². The Morgan fingerprint density at radius 2 is 1.50 bits per heavy atom. The number of rotatable bonds is 5. The van der Waals surface area contributed by atoms with E-state index in [-0.39, 0.29) is 6.54 Å². The zero-order valence-corrected chi connectivity index (χ0v) is 9.01. The van der Waals surface area contributed by atoms with Gasteiger partial charge in [0, 0.05) is 0 Å². The molecule has 0 aromatic heterocycles. The van der Waals surface area contributed by atoms with E-state index in [4.69, 9.17) is 21.1 Å². The quantitative estimate of drug-likeness (QED) is 0.389. The van der Waals surface area contributed by atoms with Crippen LogP contribution in [0.4, 0.5) is 0 Å². The number of hydrogen-bond donors (Lipinski definition) is 5. The van der Waals surface area contributed by atoms with Gasteiger partial charge < -0.3 is 21.1 Å². The van der Waals surface area contributed by atoms with Crippen LogP contribution in [0.15, 0.2) is 0 Å². The van der Waals surface area contributed by atoms with Crippen LogP contribution in [0.25, 0.3) is 0 Å². The largest absolute Gasteiger partial charge is 0.480 e. The molecule has 2 atom stereocenters. The van der Waals surface area contributed by atoms with Crippen molar-refractivity contribution in [1.29, 1.82) is 0 Å². The zero-order valence-electron chi connectivity index (χ0n) is 9.01. The van der Waals surface area contributed by atoms with Gasteiger partial charge in [-0.15, -0.1) is 0 Å². The molecule has 0 amide bonds. The monoisotopic (exact) mass is 236 g/mol. The van der Waals surface area contributed by atoms with Gasteiger partial charge in [0.15, 0.2) is 0 Å². The first kappa shape index (κ1) is 16.7. The third kappa shape index (κ3) is 12.3. The Hall–Kier alpha value is -1.67. The molecule has 0 aromatic carbocycles. The summed E-state index contributed by atoms with van der Waals surface area (Å²) in [5, 5.41) is 26.5. The summed E-state index contributed by atoms with van der Waals surface area (Å²) >= 11 is 0. The fourth-order valence-corrected chi connectivity index (χ4v) is 0.328. The molecule has 0 fully saturated rings. The van der Waals surface area contributed by atoms with Gasteiger partial charge in [-0.1, -0.05) is 0 Å². The summed E-state index contributed by atoms with van der Waals surface area (Å²) in [4.78, 5) is 29.5. The lowest BCUT2D eigenvalue weighted by molar-refractivity contribution is -0.140. The van der Waals surface area contributed by atoms with Gasteiger partial charge in [-0.25, -0.2) is 0 Å². The van der Waals surface area contributed by atoms with Crippen LogP contribution >= 0.6 is 0 Å². The highest BCUT2D eigenvalue weighted by atomic mass is 16.4. The number of aliphatic carboxylic acids is 3. The van der Waals surface area contributed by atoms with Crippen LogP contribution in [0.5, 0.6) is 0 Å². The highest BCUT2D eigenvalue weighted by Gasteiger charge is 2.10. The van der Waals surface area contributed by atoms with E-state index in [0.717, 1.165) is 0 Å². The number of carboxylic acid groups (broad SMARTS) is 3. The molecule has 8 nitrogen and oxygen atoms in total. The number of hydrogen-bond acceptors (Lipinski definition) is 5. The fourth-order valence-electron chi connectivity index (χ4n) is 0.328. The summed E-state index contributed by atoms with van der Waals surface area (Å²) in [5.41, 5.74) is 4.84. The molecular weight excluding hydrogens is 220 g/mol. The fraction of sp³-hybridized carbons (Fsp3) is 0.625. The van der Waals surface area contributed by atoms with Crippen molar-refractivity contribution in [3.8, 4) is 0 Å². The van der Waals surface area contributed by atoms with E-state index in [2.05, 4.69) is 5.32 Å². The maximum absolute atomic E-state index is 10.1. The first-order valence-electron chi connectivity index (χ1n) is 4.34. The maximum atomic E-state index is 10.1. The second-order valence-electron chi connectivity index (χ2n) is 2.96. The van der Waals surface area contributed by atoms with Gasteiger partial charge in [0.2, 0.25) is 0 Å². The van der Waals surface area contributed by atoms with E-state index < -0.39 is 30.0 Å². The van der Waals surface area contributed by atoms with Crippen LogP contribution in [0.1, 0.15) is 13.8 Å². The molecular formula is C8H16N2O6. The number of nitrogens with one attached hydrogen (secondary N) is 1. The zero-order chi connectivity index (χ0) is 13.3. The molecule has 0 aromatic rings. The Balaban J connectivity index is 0. The van der Waals surface area contributed by atoms with Gasteiger partial charge in [-0.3, -0.25) is 19.7 Å². The molecule has 0 bridgehead atoms. The van der Waals surface area contributed by atoms with Crippen molar-refractivity contribution in [1.82, 2.24) is 5.32 Å². The molecule has 0 aliphatic heterocycles. The first-order valence-corrected chi connectivity index (χ1v) is 4.34. The van der Waals surface area contributed by atoms with Crippen LogP contribution < -0.4 is 11.1 Å². The molecule has 0 saturated carbocycles. The van der Waals surface area contributed by atoms with Crippen LogP contribution in [0.3, 0.4) is 0 Å². The standard InChI is InChI=1S/C5H9NO4.C3H7NO2/c1-3(5(9)10)6-2-4(7)8;1-2(4)3(5)6/h3,6H,2H2,1H3,(H,7,8)(H,9,10);2H,4H2,1H3,(H,5,6). The van der Waals surface area contributed by atoms with E-state index >= 15 is 0 Å². The maximum Gasteiger partial charge on any atom is 0.320 e. The van der Waals surface area contributed by atoms with E-state index in [1.54, 1.807) is 0 Å². The summed E-state index contributed by atoms with van der Waals surface area (Å²) < 4.78 is 0. The van der Waals surface area contributed by atoms with Crippen molar-refractivity contribution in [3.05, 3.63) is 0 Å². The third-order valence-corrected chi connectivity index (χ3v) is 1.32. The minimum absolute atomic E-state index is 0.326.